The summed E-state index contributed by atoms with van der Waals surface area (Å²) in [5.74, 6) is 2.57. The molecule has 0 aromatic heterocycles. The van der Waals surface area contributed by atoms with Crippen molar-refractivity contribution in [2.24, 2.45) is 0 Å². The lowest BCUT2D eigenvalue weighted by atomic mass is 9.91. The van der Waals surface area contributed by atoms with Crippen molar-refractivity contribution in [3.8, 4) is 11.5 Å². The van der Waals surface area contributed by atoms with Crippen LogP contribution in [-0.2, 0) is 6.42 Å². The molecule has 0 saturated carbocycles. The van der Waals surface area contributed by atoms with Crippen molar-refractivity contribution < 1.29 is 9.47 Å². The number of fused-ring (bicyclic) bond motifs is 3. The lowest BCUT2D eigenvalue weighted by Gasteiger charge is -2.37. The topological polar surface area (TPSA) is 24.9 Å². The van der Waals surface area contributed by atoms with Gasteiger partial charge in [-0.2, -0.15) is 0 Å². The van der Waals surface area contributed by atoms with Gasteiger partial charge in [-0.05, 0) is 49.5 Å². The average molecular weight is 350 g/mol. The smallest absolute Gasteiger partial charge is 0.231 e. The highest BCUT2D eigenvalue weighted by molar-refractivity contribution is 5.54. The second-order valence-electron chi connectivity index (χ2n) is 7.77. The number of likely N-dealkylation sites (tertiary alicyclic amines) is 1. The van der Waals surface area contributed by atoms with Crippen LogP contribution in [0.1, 0.15) is 35.1 Å². The second-order valence-corrected chi connectivity index (χ2v) is 7.77. The van der Waals surface area contributed by atoms with E-state index in [2.05, 4.69) is 59.3 Å². The van der Waals surface area contributed by atoms with Crippen LogP contribution in [0.15, 0.2) is 42.5 Å². The van der Waals surface area contributed by atoms with E-state index in [1.165, 1.54) is 29.7 Å². The van der Waals surface area contributed by atoms with E-state index < -0.39 is 0 Å². The quantitative estimate of drug-likeness (QED) is 0.847. The first-order valence-electron chi connectivity index (χ1n) is 9.68. The Morgan fingerprint density at radius 2 is 1.92 bits per heavy atom. The molecule has 5 rings (SSSR count). The van der Waals surface area contributed by atoms with Crippen LogP contribution in [-0.4, -0.2) is 49.8 Å². The van der Waals surface area contributed by atoms with Gasteiger partial charge in [0.15, 0.2) is 11.5 Å². The van der Waals surface area contributed by atoms with Gasteiger partial charge in [0, 0.05) is 31.2 Å². The summed E-state index contributed by atoms with van der Waals surface area (Å²) in [6, 6.07) is 15.8. The maximum Gasteiger partial charge on any atom is 0.231 e. The number of benzene rings is 2. The molecule has 2 aromatic carbocycles. The van der Waals surface area contributed by atoms with Gasteiger partial charge in [-0.3, -0.25) is 4.90 Å². The van der Waals surface area contributed by atoms with E-state index in [-0.39, 0.29) is 0 Å². The van der Waals surface area contributed by atoms with E-state index in [9.17, 15) is 0 Å². The highest BCUT2D eigenvalue weighted by atomic mass is 16.7. The molecule has 136 valence electrons. The first kappa shape index (κ1) is 16.2. The van der Waals surface area contributed by atoms with Crippen molar-refractivity contribution in [3.05, 3.63) is 59.2 Å². The normalized spacial score (nSPS) is 25.4. The van der Waals surface area contributed by atoms with Crippen LogP contribution in [0.25, 0.3) is 0 Å². The fraction of sp³-hybridized carbons (Fsp3) is 0.455. The van der Waals surface area contributed by atoms with Crippen LogP contribution in [0.2, 0.25) is 0 Å². The zero-order valence-electron chi connectivity index (χ0n) is 15.4. The molecule has 3 aliphatic heterocycles. The lowest BCUT2D eigenvalue weighted by Crippen LogP contribution is -2.39. The van der Waals surface area contributed by atoms with Gasteiger partial charge < -0.3 is 14.4 Å². The second kappa shape index (κ2) is 6.60. The first-order valence-corrected chi connectivity index (χ1v) is 9.68. The third kappa shape index (κ3) is 2.78. The van der Waals surface area contributed by atoms with Crippen LogP contribution in [0.3, 0.4) is 0 Å². The van der Waals surface area contributed by atoms with Gasteiger partial charge in [-0.15, -0.1) is 0 Å². The largest absolute Gasteiger partial charge is 0.454 e. The number of hydrogen-bond donors (Lipinski definition) is 0. The fourth-order valence-electron chi connectivity index (χ4n) is 4.77. The summed E-state index contributed by atoms with van der Waals surface area (Å²) < 4.78 is 11.3. The van der Waals surface area contributed by atoms with E-state index in [1.807, 2.05) is 0 Å². The minimum Gasteiger partial charge on any atom is -0.454 e. The Morgan fingerprint density at radius 1 is 1.04 bits per heavy atom. The molecule has 0 spiro atoms. The van der Waals surface area contributed by atoms with Gasteiger partial charge in [0.05, 0.1) is 0 Å². The molecule has 1 saturated heterocycles. The molecule has 3 aliphatic rings. The van der Waals surface area contributed by atoms with Gasteiger partial charge in [-0.25, -0.2) is 0 Å². The zero-order chi connectivity index (χ0) is 17.5. The maximum atomic E-state index is 5.77. The number of ether oxygens (including phenoxy) is 2. The van der Waals surface area contributed by atoms with Gasteiger partial charge in [0.1, 0.15) is 0 Å². The summed E-state index contributed by atoms with van der Waals surface area (Å²) in [4.78, 5) is 5.14. The lowest BCUT2D eigenvalue weighted by molar-refractivity contribution is 0.163. The fourth-order valence-corrected chi connectivity index (χ4v) is 4.77. The summed E-state index contributed by atoms with van der Waals surface area (Å²) in [5.41, 5.74) is 4.27. The van der Waals surface area contributed by atoms with Crippen LogP contribution in [0.4, 0.5) is 0 Å². The molecule has 4 nitrogen and oxygen atoms in total. The molecule has 0 amide bonds. The minimum absolute atomic E-state index is 0.358. The first-order chi connectivity index (χ1) is 12.8. The summed E-state index contributed by atoms with van der Waals surface area (Å²) >= 11 is 0. The highest BCUT2D eigenvalue weighted by Gasteiger charge is 2.33. The number of hydrogen-bond acceptors (Lipinski definition) is 4. The molecule has 0 aliphatic carbocycles. The molecule has 3 heterocycles. The number of likely N-dealkylation sites (N-methyl/N-ethyl adjacent to an activating group) is 1. The molecular weight excluding hydrogens is 324 g/mol. The SMILES string of the molecule is CN1CCc2c(ccc3c2OCO3)C1CN1CCC(c2ccccc2)C1. The van der Waals surface area contributed by atoms with Crippen LogP contribution in [0, 0.1) is 0 Å². The van der Waals surface area contributed by atoms with Crippen molar-refractivity contribution in [2.75, 3.05) is 40.0 Å². The minimum atomic E-state index is 0.358. The molecule has 0 radical (unpaired) electrons. The van der Waals surface area contributed by atoms with Gasteiger partial charge >= 0.3 is 0 Å². The Kier molecular flexibility index (Phi) is 4.10. The Balaban J connectivity index is 1.35. The molecule has 4 heteroatoms. The van der Waals surface area contributed by atoms with Crippen molar-refractivity contribution >= 4 is 0 Å². The summed E-state index contributed by atoms with van der Waals surface area (Å²) in [6.07, 6.45) is 2.30. The molecule has 2 aromatic rings. The van der Waals surface area contributed by atoms with E-state index in [4.69, 9.17) is 9.47 Å². The van der Waals surface area contributed by atoms with E-state index in [1.54, 1.807) is 0 Å². The van der Waals surface area contributed by atoms with Crippen molar-refractivity contribution in [2.45, 2.75) is 24.8 Å². The van der Waals surface area contributed by atoms with Crippen molar-refractivity contribution in [1.29, 1.82) is 0 Å². The number of nitrogens with zero attached hydrogens (tertiary/aromatic N) is 2. The van der Waals surface area contributed by atoms with Gasteiger partial charge in [-0.1, -0.05) is 36.4 Å². The molecule has 0 bridgehead atoms. The third-order valence-electron chi connectivity index (χ3n) is 6.26. The zero-order valence-corrected chi connectivity index (χ0v) is 15.4. The molecule has 2 atom stereocenters. The molecule has 0 N–H and O–H groups in total. The summed E-state index contributed by atoms with van der Waals surface area (Å²) in [6.45, 7) is 4.87. The van der Waals surface area contributed by atoms with Crippen LogP contribution >= 0.6 is 0 Å². The highest BCUT2D eigenvalue weighted by Crippen LogP contribution is 2.43. The van der Waals surface area contributed by atoms with E-state index in [0.29, 0.717) is 18.8 Å². The molecule has 26 heavy (non-hydrogen) atoms. The van der Waals surface area contributed by atoms with E-state index in [0.717, 1.165) is 37.6 Å². The number of rotatable bonds is 3. The van der Waals surface area contributed by atoms with Crippen LogP contribution < -0.4 is 9.47 Å². The monoisotopic (exact) mass is 350 g/mol. The van der Waals surface area contributed by atoms with Crippen molar-refractivity contribution in [1.82, 2.24) is 9.80 Å². The molecule has 2 unspecified atom stereocenters. The van der Waals surface area contributed by atoms with Gasteiger partial charge in [0.25, 0.3) is 0 Å². The summed E-state index contributed by atoms with van der Waals surface area (Å²) in [5, 5.41) is 0. The standard InChI is InChI=1S/C22H26N2O2/c1-23-11-10-19-18(7-8-21-22(19)26-15-25-21)20(23)14-24-12-9-17(13-24)16-5-3-2-4-6-16/h2-8,17,20H,9-15H2,1H3. The summed E-state index contributed by atoms with van der Waals surface area (Å²) in [7, 11) is 2.25. The molecular formula is C22H26N2O2. The Morgan fingerprint density at radius 3 is 2.81 bits per heavy atom. The predicted octanol–water partition coefficient (Wildman–Crippen LogP) is 3.43. The van der Waals surface area contributed by atoms with Crippen molar-refractivity contribution in [3.63, 3.8) is 0 Å². The Bertz CT molecular complexity index is 792. The maximum absolute atomic E-state index is 5.77. The molecule has 1 fully saturated rings. The van der Waals surface area contributed by atoms with Gasteiger partial charge in [0.2, 0.25) is 6.79 Å². The van der Waals surface area contributed by atoms with Crippen LogP contribution in [0.5, 0.6) is 11.5 Å². The predicted molar refractivity (Wildman–Crippen MR) is 102 cm³/mol. The Hall–Kier alpha value is -2.04. The average Bonchev–Trinajstić information content (AvgIpc) is 3.34. The Labute approximate surface area is 155 Å². The van der Waals surface area contributed by atoms with E-state index >= 15 is 0 Å². The third-order valence-corrected chi connectivity index (χ3v) is 6.26.